The average molecular weight is 214 g/mol. The molecule has 12 heavy (non-hydrogen) atoms. The molecular formula is C4HClF6O. The van der Waals surface area contributed by atoms with Gasteiger partial charge in [-0.05, 0) is 11.6 Å². The zero-order chi connectivity index (χ0) is 10.2. The van der Waals surface area contributed by atoms with Gasteiger partial charge in [0.2, 0.25) is 0 Å². The van der Waals surface area contributed by atoms with Crippen LogP contribution in [0.15, 0.2) is 0 Å². The molecule has 0 fully saturated rings. The molecule has 0 rings (SSSR count). The summed E-state index contributed by atoms with van der Waals surface area (Å²) in [5.74, 6) is -11.3. The molecule has 0 aliphatic carbocycles. The summed E-state index contributed by atoms with van der Waals surface area (Å²) in [6.45, 7) is 0. The van der Waals surface area contributed by atoms with Crippen molar-refractivity contribution < 1.29 is 31.1 Å². The van der Waals surface area contributed by atoms with Crippen molar-refractivity contribution in [1.82, 2.24) is 0 Å². The van der Waals surface area contributed by atoms with Crippen LogP contribution in [0.4, 0.5) is 26.3 Å². The maximum absolute atomic E-state index is 11.9. The second-order valence-corrected chi connectivity index (χ2v) is 2.12. The van der Waals surface area contributed by atoms with Crippen molar-refractivity contribution in [1.29, 1.82) is 0 Å². The first kappa shape index (κ1) is 11.5. The van der Waals surface area contributed by atoms with E-state index < -0.39 is 23.5 Å². The molecule has 0 heterocycles. The van der Waals surface area contributed by atoms with Gasteiger partial charge in [0.15, 0.2) is 0 Å². The van der Waals surface area contributed by atoms with Crippen molar-refractivity contribution in [3.63, 3.8) is 0 Å². The predicted molar refractivity (Wildman–Crippen MR) is 26.8 cm³/mol. The molecule has 0 atom stereocenters. The third-order valence-electron chi connectivity index (χ3n) is 0.940. The first-order valence-corrected chi connectivity index (χ1v) is 2.75. The van der Waals surface area contributed by atoms with E-state index in [0.29, 0.717) is 0 Å². The van der Waals surface area contributed by atoms with E-state index in [1.54, 1.807) is 0 Å². The molecule has 8 heteroatoms. The van der Waals surface area contributed by atoms with Gasteiger partial charge >= 0.3 is 18.3 Å². The lowest BCUT2D eigenvalue weighted by Gasteiger charge is -2.21. The normalized spacial score (nSPS) is 13.7. The second-order valence-electron chi connectivity index (χ2n) is 1.77. The molecule has 0 saturated heterocycles. The molecule has 1 nitrogen and oxygen atoms in total. The van der Waals surface area contributed by atoms with Gasteiger partial charge in [0.25, 0.3) is 5.24 Å². The minimum Gasteiger partial charge on any atom is -0.274 e. The third kappa shape index (κ3) is 1.65. The van der Waals surface area contributed by atoms with Gasteiger partial charge in [-0.3, -0.25) is 4.79 Å². The standard InChI is InChI=1S/C4HClF6O/c5-1(12)3(8,9)4(10,11)2(6)7/h2H. The van der Waals surface area contributed by atoms with Crippen LogP contribution in [0.3, 0.4) is 0 Å². The molecule has 0 aliphatic heterocycles. The zero-order valence-corrected chi connectivity index (χ0v) is 5.89. The average Bonchev–Trinajstić information content (AvgIpc) is 1.86. The molecule has 0 aromatic rings. The van der Waals surface area contributed by atoms with E-state index in [1.807, 2.05) is 0 Å². The first-order valence-electron chi connectivity index (χ1n) is 2.37. The fourth-order valence-corrected chi connectivity index (χ4v) is 0.394. The van der Waals surface area contributed by atoms with Gasteiger partial charge in [-0.1, -0.05) is 0 Å². The Hall–Kier alpha value is -0.460. The van der Waals surface area contributed by atoms with E-state index >= 15 is 0 Å². The quantitative estimate of drug-likeness (QED) is 0.520. The van der Waals surface area contributed by atoms with Crippen LogP contribution in [0, 0.1) is 0 Å². The highest BCUT2D eigenvalue weighted by Crippen LogP contribution is 2.40. The fraction of sp³-hybridized carbons (Fsp3) is 0.750. The fourth-order valence-electron chi connectivity index (χ4n) is 0.268. The van der Waals surface area contributed by atoms with Crippen LogP contribution in [0.2, 0.25) is 0 Å². The summed E-state index contributed by atoms with van der Waals surface area (Å²) >= 11 is 4.00. The van der Waals surface area contributed by atoms with E-state index in [2.05, 4.69) is 11.6 Å². The van der Waals surface area contributed by atoms with Crippen LogP contribution in [0.5, 0.6) is 0 Å². The molecule has 0 bridgehead atoms. The number of halogens is 7. The second kappa shape index (κ2) is 3.12. The summed E-state index contributed by atoms with van der Waals surface area (Å²) in [6, 6.07) is 0. The Morgan fingerprint density at radius 2 is 1.50 bits per heavy atom. The van der Waals surface area contributed by atoms with Gasteiger partial charge in [-0.15, -0.1) is 0 Å². The van der Waals surface area contributed by atoms with Crippen molar-refractivity contribution >= 4 is 16.8 Å². The Morgan fingerprint density at radius 1 is 1.17 bits per heavy atom. The molecular weight excluding hydrogens is 213 g/mol. The summed E-state index contributed by atoms with van der Waals surface area (Å²) in [7, 11) is 0. The molecule has 72 valence electrons. The molecule has 0 amide bonds. The molecule has 0 N–H and O–H groups in total. The topological polar surface area (TPSA) is 17.1 Å². The zero-order valence-electron chi connectivity index (χ0n) is 5.13. The number of carbonyl (C=O) groups is 1. The van der Waals surface area contributed by atoms with E-state index in [-0.39, 0.29) is 0 Å². The van der Waals surface area contributed by atoms with E-state index in [4.69, 9.17) is 0 Å². The number of carbonyl (C=O) groups excluding carboxylic acids is 1. The summed E-state index contributed by atoms with van der Waals surface area (Å²) in [5, 5.41) is -2.81. The maximum Gasteiger partial charge on any atom is 0.387 e. The largest absolute Gasteiger partial charge is 0.387 e. The monoisotopic (exact) mass is 214 g/mol. The Labute approximate surface area is 67.3 Å². The van der Waals surface area contributed by atoms with Crippen LogP contribution in [-0.2, 0) is 4.79 Å². The number of hydrogen-bond donors (Lipinski definition) is 0. The molecule has 0 aromatic carbocycles. The Bertz CT molecular complexity index is 190. The first-order chi connectivity index (χ1) is 5.14. The number of hydrogen-bond acceptors (Lipinski definition) is 1. The lowest BCUT2D eigenvalue weighted by atomic mass is 10.2. The minimum absolute atomic E-state index is 2.81. The van der Waals surface area contributed by atoms with Gasteiger partial charge < -0.3 is 0 Å². The van der Waals surface area contributed by atoms with Crippen LogP contribution < -0.4 is 0 Å². The van der Waals surface area contributed by atoms with Crippen LogP contribution in [-0.4, -0.2) is 23.5 Å². The van der Waals surface area contributed by atoms with Crippen LogP contribution in [0.1, 0.15) is 0 Å². The molecule has 0 radical (unpaired) electrons. The number of alkyl halides is 6. The van der Waals surface area contributed by atoms with Crippen molar-refractivity contribution in [3.8, 4) is 0 Å². The molecule has 0 aliphatic rings. The van der Waals surface area contributed by atoms with Gasteiger partial charge in [0.05, 0.1) is 0 Å². The highest BCUT2D eigenvalue weighted by molar-refractivity contribution is 6.65. The Morgan fingerprint density at radius 3 is 1.58 bits per heavy atom. The predicted octanol–water partition coefficient (Wildman–Crippen LogP) is 2.29. The van der Waals surface area contributed by atoms with E-state index in [1.165, 1.54) is 0 Å². The smallest absolute Gasteiger partial charge is 0.274 e. The highest BCUT2D eigenvalue weighted by atomic mass is 35.5. The van der Waals surface area contributed by atoms with Crippen LogP contribution >= 0.6 is 11.6 Å². The molecule has 0 aromatic heterocycles. The van der Waals surface area contributed by atoms with Crippen molar-refractivity contribution in [3.05, 3.63) is 0 Å². The van der Waals surface area contributed by atoms with Crippen molar-refractivity contribution in [2.24, 2.45) is 0 Å². The van der Waals surface area contributed by atoms with Gasteiger partial charge in [-0.2, -0.15) is 17.6 Å². The van der Waals surface area contributed by atoms with Crippen molar-refractivity contribution in [2.75, 3.05) is 0 Å². The summed E-state index contributed by atoms with van der Waals surface area (Å²) in [4.78, 5) is 9.62. The van der Waals surface area contributed by atoms with Crippen molar-refractivity contribution in [2.45, 2.75) is 18.3 Å². The Kier molecular flexibility index (Phi) is 3.00. The highest BCUT2D eigenvalue weighted by Gasteiger charge is 2.67. The van der Waals surface area contributed by atoms with E-state index in [9.17, 15) is 31.1 Å². The van der Waals surface area contributed by atoms with Gasteiger partial charge in [0.1, 0.15) is 0 Å². The lowest BCUT2D eigenvalue weighted by molar-refractivity contribution is -0.249. The molecule has 0 unspecified atom stereocenters. The summed E-state index contributed by atoms with van der Waals surface area (Å²) < 4.78 is 69.7. The number of rotatable bonds is 3. The van der Waals surface area contributed by atoms with E-state index in [0.717, 1.165) is 0 Å². The summed E-state index contributed by atoms with van der Waals surface area (Å²) in [6.07, 6.45) is -4.64. The summed E-state index contributed by atoms with van der Waals surface area (Å²) in [5.41, 5.74) is 0. The minimum atomic E-state index is -5.73. The lowest BCUT2D eigenvalue weighted by Crippen LogP contribution is -2.50. The maximum atomic E-state index is 11.9. The van der Waals surface area contributed by atoms with Gasteiger partial charge in [-0.25, -0.2) is 8.78 Å². The molecule has 0 saturated carbocycles. The van der Waals surface area contributed by atoms with Crippen LogP contribution in [0.25, 0.3) is 0 Å². The Balaban J connectivity index is 4.88. The molecule has 0 spiro atoms. The third-order valence-corrected chi connectivity index (χ3v) is 1.18. The van der Waals surface area contributed by atoms with Gasteiger partial charge in [0, 0.05) is 0 Å². The SMILES string of the molecule is O=C(Cl)C(F)(F)C(F)(F)C(F)F.